The summed E-state index contributed by atoms with van der Waals surface area (Å²) in [7, 11) is 1.33. The molecule has 27 heavy (non-hydrogen) atoms. The first-order valence-electron chi connectivity index (χ1n) is 8.56. The Hall–Kier alpha value is -3.25. The van der Waals surface area contributed by atoms with Gasteiger partial charge in [-0.25, -0.2) is 9.48 Å². The van der Waals surface area contributed by atoms with Gasteiger partial charge >= 0.3 is 5.97 Å². The molecule has 0 aliphatic heterocycles. The van der Waals surface area contributed by atoms with Crippen molar-refractivity contribution in [1.82, 2.24) is 9.78 Å². The van der Waals surface area contributed by atoms with Gasteiger partial charge in [0.15, 0.2) is 0 Å². The lowest BCUT2D eigenvalue weighted by Crippen LogP contribution is -2.23. The van der Waals surface area contributed by atoms with Crippen molar-refractivity contribution in [1.29, 1.82) is 0 Å². The first-order chi connectivity index (χ1) is 13.1. The number of carbonyl (C=O) groups excluding carboxylic acids is 1. The van der Waals surface area contributed by atoms with Gasteiger partial charge in [0.1, 0.15) is 0 Å². The maximum Gasteiger partial charge on any atom is 0.337 e. The summed E-state index contributed by atoms with van der Waals surface area (Å²) in [4.78, 5) is 23.9. The van der Waals surface area contributed by atoms with Gasteiger partial charge in [0.25, 0.3) is 5.56 Å². The number of hydrogen-bond donors (Lipinski definition) is 1. The predicted octanol–water partition coefficient (Wildman–Crippen LogP) is 2.28. The number of aliphatic hydroxyl groups excluding tert-OH is 1. The standard InChI is InChI=1S/C21H20N2O4/c1-27-21(26)18-7-3-5-16(13-18)14-23-20(25)9-8-19(22-23)17-6-2-4-15(12-17)10-11-24/h2-9,12-13,24H,10-11,14H2,1H3. The average Bonchev–Trinajstić information content (AvgIpc) is 2.70. The van der Waals surface area contributed by atoms with Gasteiger partial charge < -0.3 is 9.84 Å². The SMILES string of the molecule is COC(=O)c1cccc(Cn2nc(-c3cccc(CCO)c3)ccc2=O)c1. The summed E-state index contributed by atoms with van der Waals surface area (Å²) >= 11 is 0. The van der Waals surface area contributed by atoms with Gasteiger partial charge in [-0.3, -0.25) is 4.79 Å². The van der Waals surface area contributed by atoms with Crippen LogP contribution >= 0.6 is 0 Å². The van der Waals surface area contributed by atoms with Crippen molar-refractivity contribution in [2.75, 3.05) is 13.7 Å². The van der Waals surface area contributed by atoms with Crippen molar-refractivity contribution in [3.63, 3.8) is 0 Å². The summed E-state index contributed by atoms with van der Waals surface area (Å²) in [6.07, 6.45) is 0.563. The Labute approximate surface area is 156 Å². The minimum atomic E-state index is -0.424. The van der Waals surface area contributed by atoms with Crippen LogP contribution in [-0.4, -0.2) is 34.6 Å². The second kappa shape index (κ2) is 8.42. The van der Waals surface area contributed by atoms with Crippen molar-refractivity contribution in [3.8, 4) is 11.3 Å². The fourth-order valence-corrected chi connectivity index (χ4v) is 2.82. The molecular weight excluding hydrogens is 344 g/mol. The summed E-state index contributed by atoms with van der Waals surface area (Å²) in [5.41, 5.74) is 3.51. The van der Waals surface area contributed by atoms with E-state index in [-0.39, 0.29) is 18.7 Å². The van der Waals surface area contributed by atoms with E-state index in [1.165, 1.54) is 17.9 Å². The van der Waals surface area contributed by atoms with Gasteiger partial charge in [-0.2, -0.15) is 5.10 Å². The number of methoxy groups -OCH3 is 1. The Balaban J connectivity index is 1.91. The summed E-state index contributed by atoms with van der Waals surface area (Å²) in [6, 6.07) is 17.8. The van der Waals surface area contributed by atoms with Crippen molar-refractivity contribution in [2.45, 2.75) is 13.0 Å². The lowest BCUT2D eigenvalue weighted by atomic mass is 10.1. The van der Waals surface area contributed by atoms with Gasteiger partial charge in [-0.15, -0.1) is 0 Å². The molecule has 6 heteroatoms. The molecule has 3 rings (SSSR count). The van der Waals surface area contributed by atoms with Gasteiger partial charge in [-0.05, 0) is 41.8 Å². The van der Waals surface area contributed by atoms with E-state index in [1.54, 1.807) is 24.3 Å². The van der Waals surface area contributed by atoms with Gasteiger partial charge in [0, 0.05) is 18.2 Å². The second-order valence-corrected chi connectivity index (χ2v) is 6.08. The lowest BCUT2D eigenvalue weighted by Gasteiger charge is -2.09. The average molecular weight is 364 g/mol. The smallest absolute Gasteiger partial charge is 0.337 e. The van der Waals surface area contributed by atoms with E-state index in [0.717, 1.165) is 16.7 Å². The molecule has 0 unspecified atom stereocenters. The van der Waals surface area contributed by atoms with Crippen molar-refractivity contribution < 1.29 is 14.6 Å². The quantitative estimate of drug-likeness (QED) is 0.679. The lowest BCUT2D eigenvalue weighted by molar-refractivity contribution is 0.0600. The van der Waals surface area contributed by atoms with E-state index < -0.39 is 5.97 Å². The highest BCUT2D eigenvalue weighted by atomic mass is 16.5. The van der Waals surface area contributed by atoms with Crippen LogP contribution in [0, 0.1) is 0 Å². The highest BCUT2D eigenvalue weighted by molar-refractivity contribution is 5.89. The van der Waals surface area contributed by atoms with Gasteiger partial charge in [0.05, 0.1) is 24.9 Å². The van der Waals surface area contributed by atoms with Gasteiger partial charge in [-0.1, -0.05) is 30.3 Å². The molecule has 0 saturated heterocycles. The molecule has 0 aliphatic carbocycles. The zero-order valence-corrected chi connectivity index (χ0v) is 15.0. The van der Waals surface area contributed by atoms with Crippen LogP contribution in [0.25, 0.3) is 11.3 Å². The van der Waals surface area contributed by atoms with Crippen molar-refractivity contribution in [2.24, 2.45) is 0 Å². The highest BCUT2D eigenvalue weighted by Crippen LogP contribution is 2.17. The van der Waals surface area contributed by atoms with E-state index in [2.05, 4.69) is 5.10 Å². The Morgan fingerprint density at radius 3 is 2.63 bits per heavy atom. The number of aromatic nitrogens is 2. The highest BCUT2D eigenvalue weighted by Gasteiger charge is 2.08. The third-order valence-corrected chi connectivity index (χ3v) is 4.17. The monoisotopic (exact) mass is 364 g/mol. The maximum atomic E-state index is 12.2. The zero-order valence-electron chi connectivity index (χ0n) is 15.0. The first-order valence-corrected chi connectivity index (χ1v) is 8.56. The summed E-state index contributed by atoms with van der Waals surface area (Å²) < 4.78 is 6.10. The number of benzene rings is 2. The van der Waals surface area contributed by atoms with Crippen LogP contribution in [-0.2, 0) is 17.7 Å². The van der Waals surface area contributed by atoms with Crippen LogP contribution < -0.4 is 5.56 Å². The third-order valence-electron chi connectivity index (χ3n) is 4.17. The molecule has 138 valence electrons. The third kappa shape index (κ3) is 4.48. The summed E-state index contributed by atoms with van der Waals surface area (Å²) in [5, 5.41) is 13.6. The molecule has 1 N–H and O–H groups in total. The molecule has 0 radical (unpaired) electrons. The molecule has 0 aliphatic rings. The number of hydrogen-bond acceptors (Lipinski definition) is 5. The second-order valence-electron chi connectivity index (χ2n) is 6.08. The van der Waals surface area contributed by atoms with E-state index in [9.17, 15) is 9.59 Å². The van der Waals surface area contributed by atoms with Crippen LogP contribution in [0.1, 0.15) is 21.5 Å². The van der Waals surface area contributed by atoms with Crippen molar-refractivity contribution in [3.05, 3.63) is 87.7 Å². The van der Waals surface area contributed by atoms with E-state index in [4.69, 9.17) is 9.84 Å². The Morgan fingerprint density at radius 2 is 1.85 bits per heavy atom. The molecule has 2 aromatic carbocycles. The Kier molecular flexibility index (Phi) is 5.78. The van der Waals surface area contributed by atoms with Crippen LogP contribution in [0.2, 0.25) is 0 Å². The Morgan fingerprint density at radius 1 is 1.07 bits per heavy atom. The van der Waals surface area contributed by atoms with Crippen LogP contribution in [0.5, 0.6) is 0 Å². The molecule has 1 heterocycles. The molecule has 0 amide bonds. The number of nitrogens with zero attached hydrogens (tertiary/aromatic N) is 2. The molecular formula is C21H20N2O4. The van der Waals surface area contributed by atoms with Crippen LogP contribution in [0.4, 0.5) is 0 Å². The topological polar surface area (TPSA) is 81.4 Å². The van der Waals surface area contributed by atoms with Crippen molar-refractivity contribution >= 4 is 5.97 Å². The number of ether oxygens (including phenoxy) is 1. The molecule has 3 aromatic rings. The molecule has 0 bridgehead atoms. The van der Waals surface area contributed by atoms with Gasteiger partial charge in [0.2, 0.25) is 0 Å². The molecule has 0 saturated carbocycles. The molecule has 1 aromatic heterocycles. The summed E-state index contributed by atoms with van der Waals surface area (Å²) in [5.74, 6) is -0.424. The zero-order chi connectivity index (χ0) is 19.2. The molecule has 6 nitrogen and oxygen atoms in total. The minimum Gasteiger partial charge on any atom is -0.465 e. The largest absolute Gasteiger partial charge is 0.465 e. The minimum absolute atomic E-state index is 0.0763. The number of rotatable bonds is 6. The first kappa shape index (κ1) is 18.5. The van der Waals surface area contributed by atoms with E-state index in [0.29, 0.717) is 17.7 Å². The molecule has 0 spiro atoms. The fourth-order valence-electron chi connectivity index (χ4n) is 2.82. The Bertz CT molecular complexity index is 1010. The van der Waals surface area contributed by atoms with E-state index in [1.807, 2.05) is 30.3 Å². The summed E-state index contributed by atoms with van der Waals surface area (Å²) in [6.45, 7) is 0.320. The number of esters is 1. The van der Waals surface area contributed by atoms with E-state index >= 15 is 0 Å². The fraction of sp³-hybridized carbons (Fsp3) is 0.190. The van der Waals surface area contributed by atoms with Crippen LogP contribution in [0.3, 0.4) is 0 Å². The van der Waals surface area contributed by atoms with Crippen LogP contribution in [0.15, 0.2) is 65.5 Å². The normalized spacial score (nSPS) is 10.6. The number of carbonyl (C=O) groups is 1. The number of aliphatic hydroxyl groups is 1. The molecule has 0 fully saturated rings. The predicted molar refractivity (Wildman–Crippen MR) is 102 cm³/mol. The molecule has 0 atom stereocenters. The maximum absolute atomic E-state index is 12.2.